The van der Waals surface area contributed by atoms with Crippen LogP contribution in [0, 0.1) is 16.7 Å². The Kier molecular flexibility index (Phi) is 5.35. The maximum Gasteiger partial charge on any atom is 0.244 e. The summed E-state index contributed by atoms with van der Waals surface area (Å²) >= 11 is 0. The van der Waals surface area contributed by atoms with Gasteiger partial charge in [0.25, 0.3) is 0 Å². The van der Waals surface area contributed by atoms with Gasteiger partial charge >= 0.3 is 0 Å². The largest absolute Gasteiger partial charge is 0.384 e. The Labute approximate surface area is 126 Å². The van der Waals surface area contributed by atoms with Gasteiger partial charge in [0.1, 0.15) is 5.41 Å². The fraction of sp³-hybridized carbons (Fsp3) is 0.529. The zero-order valence-corrected chi connectivity index (χ0v) is 12.5. The second-order valence-corrected chi connectivity index (χ2v) is 5.61. The predicted octanol–water partition coefficient (Wildman–Crippen LogP) is 3.29. The Bertz CT molecular complexity index is 528. The summed E-state index contributed by atoms with van der Waals surface area (Å²) in [6.07, 6.45) is 5.08. The number of benzene rings is 1. The molecule has 4 heteroatoms. The lowest BCUT2D eigenvalue weighted by Crippen LogP contribution is -2.37. The zero-order chi connectivity index (χ0) is 15.1. The summed E-state index contributed by atoms with van der Waals surface area (Å²) in [6, 6.07) is 9.97. The highest BCUT2D eigenvalue weighted by molar-refractivity contribution is 5.97. The maximum atomic E-state index is 12.6. The van der Waals surface area contributed by atoms with Gasteiger partial charge in [-0.1, -0.05) is 37.5 Å². The lowest BCUT2D eigenvalue weighted by Gasteiger charge is -2.29. The van der Waals surface area contributed by atoms with Gasteiger partial charge in [-0.15, -0.1) is 0 Å². The highest BCUT2D eigenvalue weighted by atomic mass is 16.5. The summed E-state index contributed by atoms with van der Waals surface area (Å²) in [5.74, 6) is -0.158. The summed E-state index contributed by atoms with van der Waals surface area (Å²) in [7, 11) is 1.66. The number of amides is 1. The van der Waals surface area contributed by atoms with Crippen LogP contribution in [0.1, 0.15) is 37.7 Å². The highest BCUT2D eigenvalue weighted by Gasteiger charge is 2.39. The molecule has 1 aromatic rings. The van der Waals surface area contributed by atoms with E-state index in [4.69, 9.17) is 4.74 Å². The first-order valence-electron chi connectivity index (χ1n) is 7.51. The van der Waals surface area contributed by atoms with E-state index in [1.807, 2.05) is 24.3 Å². The molecule has 112 valence electrons. The molecule has 1 aliphatic carbocycles. The van der Waals surface area contributed by atoms with Crippen molar-refractivity contribution in [1.29, 1.82) is 5.26 Å². The van der Waals surface area contributed by atoms with Gasteiger partial charge in [-0.3, -0.25) is 4.79 Å². The van der Waals surface area contributed by atoms with Crippen molar-refractivity contribution in [2.45, 2.75) is 38.5 Å². The van der Waals surface area contributed by atoms with Crippen molar-refractivity contribution in [3.05, 3.63) is 29.8 Å². The number of ether oxygens (including phenoxy) is 1. The van der Waals surface area contributed by atoms with Crippen LogP contribution in [0.3, 0.4) is 0 Å². The van der Waals surface area contributed by atoms with E-state index < -0.39 is 5.41 Å². The molecule has 0 aromatic heterocycles. The van der Waals surface area contributed by atoms with Gasteiger partial charge in [-0.05, 0) is 30.9 Å². The molecule has 1 aromatic carbocycles. The molecule has 1 amide bonds. The van der Waals surface area contributed by atoms with Gasteiger partial charge in [0.2, 0.25) is 5.91 Å². The molecule has 21 heavy (non-hydrogen) atoms. The molecule has 1 aliphatic rings. The van der Waals surface area contributed by atoms with Crippen molar-refractivity contribution in [3.8, 4) is 6.07 Å². The van der Waals surface area contributed by atoms with E-state index >= 15 is 0 Å². The number of hydrogen-bond acceptors (Lipinski definition) is 3. The predicted molar refractivity (Wildman–Crippen MR) is 81.8 cm³/mol. The fourth-order valence-electron chi connectivity index (χ4n) is 2.86. The molecule has 1 N–H and O–H groups in total. The zero-order valence-electron chi connectivity index (χ0n) is 12.5. The van der Waals surface area contributed by atoms with Crippen molar-refractivity contribution in [1.82, 2.24) is 0 Å². The normalized spacial score (nSPS) is 17.0. The van der Waals surface area contributed by atoms with Crippen molar-refractivity contribution in [2.24, 2.45) is 5.41 Å². The quantitative estimate of drug-likeness (QED) is 0.903. The van der Waals surface area contributed by atoms with Crippen LogP contribution >= 0.6 is 0 Å². The van der Waals surface area contributed by atoms with Crippen LogP contribution in [0.15, 0.2) is 24.3 Å². The van der Waals surface area contributed by atoms with Gasteiger partial charge < -0.3 is 10.1 Å². The molecule has 0 radical (unpaired) electrons. The van der Waals surface area contributed by atoms with Gasteiger partial charge in [-0.2, -0.15) is 5.26 Å². The minimum Gasteiger partial charge on any atom is -0.384 e. The van der Waals surface area contributed by atoms with E-state index in [2.05, 4.69) is 11.4 Å². The molecule has 0 unspecified atom stereocenters. The summed E-state index contributed by atoms with van der Waals surface area (Å²) < 4.78 is 5.10. The Balaban J connectivity index is 2.13. The van der Waals surface area contributed by atoms with Gasteiger partial charge in [0, 0.05) is 12.8 Å². The number of nitrogens with zero attached hydrogens (tertiary/aromatic N) is 1. The first kappa shape index (κ1) is 15.5. The third kappa shape index (κ3) is 3.62. The number of carbonyl (C=O) groups excluding carboxylic acids is 1. The second kappa shape index (κ2) is 7.24. The molecule has 0 heterocycles. The number of hydrogen-bond donors (Lipinski definition) is 1. The number of nitriles is 1. The number of methoxy groups -OCH3 is 1. The third-order valence-corrected chi connectivity index (χ3v) is 4.20. The molecule has 0 saturated heterocycles. The number of carbonyl (C=O) groups is 1. The summed E-state index contributed by atoms with van der Waals surface area (Å²) in [6.45, 7) is 0.607. The number of nitrogens with one attached hydrogen (secondary N) is 1. The molecule has 0 spiro atoms. The Morgan fingerprint density at radius 3 is 2.71 bits per heavy atom. The number of anilines is 1. The number of rotatable bonds is 5. The van der Waals surface area contributed by atoms with Crippen LogP contribution in [-0.2, 0) is 16.0 Å². The SMILES string of the molecule is COCCc1ccccc1NC(=O)C1(C#N)CCCCC1. The molecule has 1 saturated carbocycles. The van der Waals surface area contributed by atoms with Crippen molar-refractivity contribution in [2.75, 3.05) is 19.0 Å². The van der Waals surface area contributed by atoms with E-state index in [1.165, 1.54) is 0 Å². The first-order valence-corrected chi connectivity index (χ1v) is 7.51. The van der Waals surface area contributed by atoms with Crippen LogP contribution < -0.4 is 5.32 Å². The molecule has 1 fully saturated rings. The minimum atomic E-state index is -0.855. The monoisotopic (exact) mass is 286 g/mol. The summed E-state index contributed by atoms with van der Waals surface area (Å²) in [5.41, 5.74) is 0.975. The van der Waals surface area contributed by atoms with Crippen LogP contribution in [0.4, 0.5) is 5.69 Å². The smallest absolute Gasteiger partial charge is 0.244 e. The molecule has 0 aliphatic heterocycles. The van der Waals surface area contributed by atoms with E-state index in [-0.39, 0.29) is 5.91 Å². The first-order chi connectivity index (χ1) is 10.2. The lowest BCUT2D eigenvalue weighted by molar-refractivity contribution is -0.124. The highest BCUT2D eigenvalue weighted by Crippen LogP contribution is 2.37. The van der Waals surface area contributed by atoms with Crippen molar-refractivity contribution in [3.63, 3.8) is 0 Å². The third-order valence-electron chi connectivity index (χ3n) is 4.20. The minimum absolute atomic E-state index is 0.158. The van der Waals surface area contributed by atoms with E-state index in [0.29, 0.717) is 19.4 Å². The van der Waals surface area contributed by atoms with Gasteiger partial charge in [0.15, 0.2) is 0 Å². The van der Waals surface area contributed by atoms with Crippen molar-refractivity contribution >= 4 is 11.6 Å². The molecular formula is C17H22N2O2. The Morgan fingerprint density at radius 1 is 1.33 bits per heavy atom. The molecule has 0 atom stereocenters. The van der Waals surface area contributed by atoms with Crippen molar-refractivity contribution < 1.29 is 9.53 Å². The van der Waals surface area contributed by atoms with Crippen LogP contribution in [0.25, 0.3) is 0 Å². The van der Waals surface area contributed by atoms with E-state index in [0.717, 1.165) is 36.9 Å². The Morgan fingerprint density at radius 2 is 2.05 bits per heavy atom. The van der Waals surface area contributed by atoms with E-state index in [1.54, 1.807) is 7.11 Å². The van der Waals surface area contributed by atoms with Crippen LogP contribution in [-0.4, -0.2) is 19.6 Å². The van der Waals surface area contributed by atoms with E-state index in [9.17, 15) is 10.1 Å². The topological polar surface area (TPSA) is 62.1 Å². The molecule has 4 nitrogen and oxygen atoms in total. The van der Waals surface area contributed by atoms with Crippen LogP contribution in [0.5, 0.6) is 0 Å². The summed E-state index contributed by atoms with van der Waals surface area (Å²) in [5, 5.41) is 12.4. The van der Waals surface area contributed by atoms with Crippen LogP contribution in [0.2, 0.25) is 0 Å². The molecular weight excluding hydrogens is 264 g/mol. The van der Waals surface area contributed by atoms with Gasteiger partial charge in [-0.25, -0.2) is 0 Å². The average molecular weight is 286 g/mol. The Hall–Kier alpha value is -1.86. The van der Waals surface area contributed by atoms with Gasteiger partial charge in [0.05, 0.1) is 12.7 Å². The summed E-state index contributed by atoms with van der Waals surface area (Å²) in [4.78, 5) is 12.6. The average Bonchev–Trinajstić information content (AvgIpc) is 2.54. The second-order valence-electron chi connectivity index (χ2n) is 5.61. The molecule has 0 bridgehead atoms. The standard InChI is InChI=1S/C17H22N2O2/c1-21-12-9-14-7-3-4-8-15(14)19-16(20)17(13-18)10-5-2-6-11-17/h3-4,7-8H,2,5-6,9-12H2,1H3,(H,19,20). The molecule has 2 rings (SSSR count). The maximum absolute atomic E-state index is 12.6. The number of para-hydroxylation sites is 1. The lowest BCUT2D eigenvalue weighted by atomic mass is 9.74. The fourth-order valence-corrected chi connectivity index (χ4v) is 2.86.